The smallest absolute Gasteiger partial charge is 0.326 e. The number of phenols is 1. The lowest BCUT2D eigenvalue weighted by molar-refractivity contribution is -0.143. The van der Waals surface area contributed by atoms with Crippen molar-refractivity contribution in [2.75, 3.05) is 18.6 Å². The number of aromatic hydroxyl groups is 1. The third-order valence-electron chi connectivity index (χ3n) is 14.3. The molecule has 0 unspecified atom stereocenters. The van der Waals surface area contributed by atoms with Gasteiger partial charge in [-0.25, -0.2) is 4.79 Å². The van der Waals surface area contributed by atoms with Crippen molar-refractivity contribution in [3.05, 3.63) is 65.7 Å². The first-order valence-electron chi connectivity index (χ1n) is 29.7. The van der Waals surface area contributed by atoms with Crippen LogP contribution in [0.5, 0.6) is 5.75 Å². The molecular weight excluding hydrogens is 1210 g/mol. The number of carboxylic acid groups (broad SMARTS) is 1. The SMILES string of the molecule is CC[C@H](C)[C@H](NC(=O)[C@H](CCSC)NC(=O)[C@H](CC(N)=O)NC(=O)[C@H](CCCCN)NC(=O)[C@H](Cc1ccccc1)NC(=O)[C@H](CCC(N)=O)NC(=O)[C@H](Cc1ccc(O)cc1)NC(=O)[C@H](CC(C)C)NC(=O)[C@@H](N)CC(N)=O)C(=O)N[C@@H](CCC(N)=O)C(=O)O. The fraction of sp³-hybridized carbons (Fsp3) is 0.559. The lowest BCUT2D eigenvalue weighted by atomic mass is 9.97. The van der Waals surface area contributed by atoms with Gasteiger partial charge in [0.15, 0.2) is 0 Å². The van der Waals surface area contributed by atoms with Crippen LogP contribution < -0.4 is 82.3 Å². The first-order chi connectivity index (χ1) is 42.9. The molecule has 11 atom stereocenters. The summed E-state index contributed by atoms with van der Waals surface area (Å²) in [5, 5.41) is 42.5. The van der Waals surface area contributed by atoms with Gasteiger partial charge in [-0.1, -0.05) is 76.6 Å². The summed E-state index contributed by atoms with van der Waals surface area (Å²) in [5.74, 6) is -14.5. The molecule has 31 nitrogen and oxygen atoms in total. The van der Waals surface area contributed by atoms with Crippen molar-refractivity contribution in [3.8, 4) is 5.75 Å². The minimum atomic E-state index is -1.79. The van der Waals surface area contributed by atoms with Crippen LogP contribution in [0.4, 0.5) is 0 Å². The fourth-order valence-corrected chi connectivity index (χ4v) is 9.53. The monoisotopic (exact) mass is 1300 g/mol. The highest BCUT2D eigenvalue weighted by molar-refractivity contribution is 7.98. The van der Waals surface area contributed by atoms with Gasteiger partial charge in [0.2, 0.25) is 76.8 Å². The zero-order chi connectivity index (χ0) is 68.5. The van der Waals surface area contributed by atoms with E-state index in [1.54, 1.807) is 64.3 Å². The molecule has 91 heavy (non-hydrogen) atoms. The second-order valence-corrected chi connectivity index (χ2v) is 23.4. The minimum absolute atomic E-state index is 0.0228. The minimum Gasteiger partial charge on any atom is -0.508 e. The highest BCUT2D eigenvalue weighted by atomic mass is 32.2. The summed E-state index contributed by atoms with van der Waals surface area (Å²) >= 11 is 1.29. The lowest BCUT2D eigenvalue weighted by Crippen LogP contribution is -2.61. The molecular formula is C59H91N15O16S. The number of benzene rings is 2. The van der Waals surface area contributed by atoms with Crippen molar-refractivity contribution >= 4 is 94.5 Å². The molecule has 2 aromatic carbocycles. The van der Waals surface area contributed by atoms with Gasteiger partial charge >= 0.3 is 5.97 Å². The normalized spacial score (nSPS) is 14.7. The second-order valence-electron chi connectivity index (χ2n) is 22.4. The molecule has 0 saturated carbocycles. The van der Waals surface area contributed by atoms with Crippen LogP contribution >= 0.6 is 11.8 Å². The zero-order valence-corrected chi connectivity index (χ0v) is 52.7. The molecule has 0 saturated heterocycles. The van der Waals surface area contributed by atoms with E-state index in [4.69, 9.17) is 34.4 Å². The Morgan fingerprint density at radius 1 is 0.473 bits per heavy atom. The topological polar surface area (TPSA) is 544 Å². The van der Waals surface area contributed by atoms with Crippen LogP contribution in [0.3, 0.4) is 0 Å². The first-order valence-corrected chi connectivity index (χ1v) is 31.1. The van der Waals surface area contributed by atoms with Crippen molar-refractivity contribution in [1.82, 2.24) is 47.9 Å². The zero-order valence-electron chi connectivity index (χ0n) is 51.9. The van der Waals surface area contributed by atoms with E-state index in [0.717, 1.165) is 0 Å². The molecule has 0 radical (unpaired) electrons. The van der Waals surface area contributed by atoms with Crippen molar-refractivity contribution < 1.29 is 77.3 Å². The van der Waals surface area contributed by atoms with Crippen LogP contribution in [0.2, 0.25) is 0 Å². The quantitative estimate of drug-likeness (QED) is 0.0283. The number of carbonyl (C=O) groups excluding carboxylic acids is 13. The number of nitrogens with two attached hydrogens (primary N) is 6. The number of hydrogen-bond donors (Lipinski definition) is 17. The third-order valence-corrected chi connectivity index (χ3v) is 14.9. The number of carboxylic acids is 1. The summed E-state index contributed by atoms with van der Waals surface area (Å²) in [5.41, 5.74) is 34.1. The molecule has 2 aromatic rings. The first kappa shape index (κ1) is 78.2. The number of phenolic OH excluding ortho intramolecular Hbond substituents is 1. The molecule has 504 valence electrons. The standard InChI is InChI=1S/C59H91N15O16S/c1-6-32(4)49(58(88)69-40(59(89)90)20-22-46(63)77)74-53(83)39(23-25-91-5)68-57(87)44(30-48(65)79)73-51(81)37(14-10-11-24-60)66-55(85)42(27-33-12-8-7-9-13-33)71-52(82)38(19-21-45(62)76)67-56(86)43(28-34-15-17-35(75)18-16-34)72-54(84)41(26-31(2)3)70-50(80)36(61)29-47(64)78/h7-9,12-13,15-18,31-32,36-44,49,75H,6,10-11,14,19-30,60-61H2,1-5H3,(H2,62,76)(H2,63,77)(H2,64,78)(H2,65,79)(H,66,85)(H,67,86)(H,68,87)(H,69,88)(H,70,80)(H,71,82)(H,72,84)(H,73,81)(H,74,83)(H,89,90)/t32-,36-,37-,38-,39-,40-,41-,42-,43-,44-,49-/m0/s1. The van der Waals surface area contributed by atoms with E-state index in [9.17, 15) is 77.3 Å². The van der Waals surface area contributed by atoms with Crippen LogP contribution in [0, 0.1) is 11.8 Å². The van der Waals surface area contributed by atoms with E-state index in [0.29, 0.717) is 24.0 Å². The van der Waals surface area contributed by atoms with E-state index in [1.807, 2.05) is 0 Å². The molecule has 13 amide bonds. The lowest BCUT2D eigenvalue weighted by Gasteiger charge is -2.29. The predicted octanol–water partition coefficient (Wildman–Crippen LogP) is -3.79. The third kappa shape index (κ3) is 30.0. The number of rotatable bonds is 44. The molecule has 32 heteroatoms. The molecule has 0 spiro atoms. The van der Waals surface area contributed by atoms with E-state index in [2.05, 4.69) is 47.9 Å². The molecule has 0 heterocycles. The number of unbranched alkanes of at least 4 members (excludes halogenated alkanes) is 1. The molecule has 0 aromatic heterocycles. The van der Waals surface area contributed by atoms with Gasteiger partial charge in [-0.15, -0.1) is 0 Å². The molecule has 2 rings (SSSR count). The molecule has 0 fully saturated rings. The average Bonchev–Trinajstić information content (AvgIpc) is 1.26. The van der Waals surface area contributed by atoms with Gasteiger partial charge in [-0.3, -0.25) is 62.3 Å². The van der Waals surface area contributed by atoms with Gasteiger partial charge in [0, 0.05) is 25.7 Å². The van der Waals surface area contributed by atoms with Crippen LogP contribution in [-0.2, 0) is 80.0 Å². The van der Waals surface area contributed by atoms with E-state index < -0.39 is 175 Å². The van der Waals surface area contributed by atoms with Gasteiger partial charge in [0.25, 0.3) is 0 Å². The Kier molecular flexibility index (Phi) is 34.9. The molecule has 0 bridgehead atoms. The summed E-state index contributed by atoms with van der Waals surface area (Å²) < 4.78 is 0. The van der Waals surface area contributed by atoms with E-state index >= 15 is 0 Å². The second kappa shape index (κ2) is 40.7. The Hall–Kier alpha value is -8.91. The highest BCUT2D eigenvalue weighted by Gasteiger charge is 2.37. The highest BCUT2D eigenvalue weighted by Crippen LogP contribution is 2.16. The number of amides is 13. The molecule has 0 aliphatic heterocycles. The molecule has 0 aliphatic carbocycles. The Labute approximate surface area is 532 Å². The Bertz CT molecular complexity index is 2820. The van der Waals surface area contributed by atoms with Crippen LogP contribution in [0.15, 0.2) is 54.6 Å². The Morgan fingerprint density at radius 2 is 0.890 bits per heavy atom. The fourth-order valence-electron chi connectivity index (χ4n) is 9.05. The van der Waals surface area contributed by atoms with E-state index in [-0.39, 0.29) is 75.3 Å². The average molecular weight is 1300 g/mol. The van der Waals surface area contributed by atoms with Gasteiger partial charge in [0.1, 0.15) is 60.1 Å². The Balaban J connectivity index is 2.60. The number of thioether (sulfide) groups is 1. The number of carbonyl (C=O) groups is 14. The number of aliphatic carboxylic acids is 1. The summed E-state index contributed by atoms with van der Waals surface area (Å²) in [6, 6.07) is -1.36. The summed E-state index contributed by atoms with van der Waals surface area (Å²) in [6.45, 7) is 6.96. The van der Waals surface area contributed by atoms with Crippen molar-refractivity contribution in [3.63, 3.8) is 0 Å². The van der Waals surface area contributed by atoms with Crippen molar-refractivity contribution in [2.24, 2.45) is 46.2 Å². The Morgan fingerprint density at radius 3 is 1.36 bits per heavy atom. The summed E-state index contributed by atoms with van der Waals surface area (Å²) in [7, 11) is 0. The maximum absolute atomic E-state index is 14.7. The number of hydrogen-bond acceptors (Lipinski definition) is 18. The summed E-state index contributed by atoms with van der Waals surface area (Å²) in [4.78, 5) is 187. The number of primary amides is 4. The maximum Gasteiger partial charge on any atom is 0.326 e. The summed E-state index contributed by atoms with van der Waals surface area (Å²) in [6.07, 6.45) is -1.17. The van der Waals surface area contributed by atoms with Crippen molar-refractivity contribution in [2.45, 2.75) is 178 Å². The van der Waals surface area contributed by atoms with E-state index in [1.165, 1.54) is 36.0 Å². The largest absolute Gasteiger partial charge is 0.508 e. The van der Waals surface area contributed by atoms with Gasteiger partial charge in [-0.05, 0) is 98.6 Å². The van der Waals surface area contributed by atoms with Gasteiger partial charge in [-0.2, -0.15) is 11.8 Å². The number of nitrogens with one attached hydrogen (secondary N) is 9. The predicted molar refractivity (Wildman–Crippen MR) is 334 cm³/mol. The van der Waals surface area contributed by atoms with Gasteiger partial charge < -0.3 is 92.5 Å². The van der Waals surface area contributed by atoms with Crippen LogP contribution in [0.25, 0.3) is 0 Å². The van der Waals surface area contributed by atoms with Crippen LogP contribution in [0.1, 0.15) is 116 Å². The maximum atomic E-state index is 14.7. The molecule has 23 N–H and O–H groups in total. The van der Waals surface area contributed by atoms with Crippen molar-refractivity contribution in [1.29, 1.82) is 0 Å². The van der Waals surface area contributed by atoms with Gasteiger partial charge in [0.05, 0.1) is 18.9 Å². The molecule has 0 aliphatic rings. The van der Waals surface area contributed by atoms with Crippen LogP contribution in [-0.4, -0.2) is 172 Å².